The molecule has 4 nitrogen and oxygen atoms in total. The van der Waals surface area contributed by atoms with Crippen LogP contribution in [0.2, 0.25) is 25.7 Å². The fraction of sp³-hybridized carbons (Fsp3) is 0.500. The Morgan fingerprint density at radius 2 is 2.10 bits per heavy atom. The van der Waals surface area contributed by atoms with E-state index in [0.29, 0.717) is 12.3 Å². The molecule has 1 aromatic carbocycles. The molecule has 0 aliphatic heterocycles. The van der Waals surface area contributed by atoms with Gasteiger partial charge in [-0.05, 0) is 18.5 Å². The first-order chi connectivity index (χ1) is 9.94. The first kappa shape index (κ1) is 15.9. The van der Waals surface area contributed by atoms with Crippen molar-refractivity contribution in [1.82, 2.24) is 9.78 Å². The van der Waals surface area contributed by atoms with Gasteiger partial charge in [0.1, 0.15) is 13.0 Å². The summed E-state index contributed by atoms with van der Waals surface area (Å²) < 4.78 is 7.71. The second kappa shape index (κ2) is 6.53. The third-order valence-electron chi connectivity index (χ3n) is 3.55. The summed E-state index contributed by atoms with van der Waals surface area (Å²) in [5, 5.41) is 5.68. The molecule has 0 amide bonds. The quantitative estimate of drug-likeness (QED) is 0.445. The van der Waals surface area contributed by atoms with Crippen LogP contribution in [-0.4, -0.2) is 30.7 Å². The van der Waals surface area contributed by atoms with Crippen molar-refractivity contribution < 1.29 is 9.53 Å². The molecule has 5 heteroatoms. The standard InChI is InChI=1S/C16H24N2O2Si/c1-5-16-14-7-6-13(11-19)10-15(14)17-18(16)12-20-8-9-21(2,3)4/h6-7,10-11H,5,8-9,12H2,1-4H3. The molecule has 0 atom stereocenters. The van der Waals surface area contributed by atoms with E-state index in [1.165, 1.54) is 0 Å². The Balaban J connectivity index is 2.13. The van der Waals surface area contributed by atoms with E-state index in [1.54, 1.807) is 0 Å². The molecule has 0 fully saturated rings. The maximum absolute atomic E-state index is 10.9. The predicted octanol–water partition coefficient (Wildman–Crippen LogP) is 3.72. The zero-order valence-corrected chi connectivity index (χ0v) is 14.3. The summed E-state index contributed by atoms with van der Waals surface area (Å²) in [5.74, 6) is 0. The van der Waals surface area contributed by atoms with Gasteiger partial charge in [-0.15, -0.1) is 0 Å². The minimum atomic E-state index is -1.06. The number of carbonyl (C=O) groups is 1. The summed E-state index contributed by atoms with van der Waals surface area (Å²) in [7, 11) is -1.06. The van der Waals surface area contributed by atoms with Gasteiger partial charge in [0.2, 0.25) is 0 Å². The largest absolute Gasteiger partial charge is 0.360 e. The molecule has 0 aliphatic rings. The summed E-state index contributed by atoms with van der Waals surface area (Å²) in [6.07, 6.45) is 1.75. The maximum atomic E-state index is 10.9. The molecule has 0 spiro atoms. The van der Waals surface area contributed by atoms with E-state index < -0.39 is 8.07 Å². The van der Waals surface area contributed by atoms with E-state index in [9.17, 15) is 4.79 Å². The predicted molar refractivity (Wildman–Crippen MR) is 88.6 cm³/mol. The SMILES string of the molecule is CCc1c2ccc(C=O)cc2nn1COCC[Si](C)(C)C. The van der Waals surface area contributed by atoms with Crippen molar-refractivity contribution in [3.63, 3.8) is 0 Å². The Kier molecular flexibility index (Phi) is 4.95. The smallest absolute Gasteiger partial charge is 0.150 e. The molecule has 0 bridgehead atoms. The fourth-order valence-corrected chi connectivity index (χ4v) is 3.04. The lowest BCUT2D eigenvalue weighted by molar-refractivity contribution is 0.0771. The van der Waals surface area contributed by atoms with E-state index in [0.717, 1.165) is 42.0 Å². The molecule has 1 heterocycles. The van der Waals surface area contributed by atoms with Crippen LogP contribution in [0.1, 0.15) is 23.0 Å². The summed E-state index contributed by atoms with van der Waals surface area (Å²) in [6.45, 7) is 10.4. The summed E-state index contributed by atoms with van der Waals surface area (Å²) in [6, 6.07) is 6.81. The van der Waals surface area contributed by atoms with Crippen molar-refractivity contribution >= 4 is 25.3 Å². The Morgan fingerprint density at radius 3 is 2.71 bits per heavy atom. The van der Waals surface area contributed by atoms with E-state index in [2.05, 4.69) is 31.7 Å². The maximum Gasteiger partial charge on any atom is 0.150 e. The number of aryl methyl sites for hydroxylation is 1. The Labute approximate surface area is 127 Å². The highest BCUT2D eigenvalue weighted by Gasteiger charge is 2.13. The molecule has 1 aromatic heterocycles. The van der Waals surface area contributed by atoms with Gasteiger partial charge >= 0.3 is 0 Å². The number of aromatic nitrogens is 2. The van der Waals surface area contributed by atoms with Gasteiger partial charge in [0.05, 0.1) is 5.52 Å². The van der Waals surface area contributed by atoms with E-state index in [-0.39, 0.29) is 0 Å². The average Bonchev–Trinajstić information content (AvgIpc) is 2.78. The van der Waals surface area contributed by atoms with Gasteiger partial charge in [-0.1, -0.05) is 38.7 Å². The van der Waals surface area contributed by atoms with Crippen LogP contribution in [0.5, 0.6) is 0 Å². The van der Waals surface area contributed by atoms with Crippen molar-refractivity contribution in [2.24, 2.45) is 0 Å². The molecule has 0 saturated carbocycles. The highest BCUT2D eigenvalue weighted by atomic mass is 28.3. The van der Waals surface area contributed by atoms with Gasteiger partial charge in [0, 0.05) is 31.3 Å². The van der Waals surface area contributed by atoms with Crippen LogP contribution in [0.4, 0.5) is 0 Å². The molecule has 0 radical (unpaired) electrons. The second-order valence-electron chi connectivity index (χ2n) is 6.54. The molecular formula is C16H24N2O2Si. The third kappa shape index (κ3) is 4.01. The zero-order chi connectivity index (χ0) is 15.5. The molecule has 2 rings (SSSR count). The number of aldehydes is 1. The van der Waals surface area contributed by atoms with Crippen LogP contribution in [0.3, 0.4) is 0 Å². The molecule has 2 aromatic rings. The number of ether oxygens (including phenoxy) is 1. The van der Waals surface area contributed by atoms with Crippen LogP contribution in [-0.2, 0) is 17.9 Å². The van der Waals surface area contributed by atoms with E-state index >= 15 is 0 Å². The fourth-order valence-electron chi connectivity index (χ4n) is 2.29. The molecule has 0 aliphatic carbocycles. The Hall–Kier alpha value is -1.46. The number of hydrogen-bond acceptors (Lipinski definition) is 3. The normalized spacial score (nSPS) is 12.0. The number of benzene rings is 1. The minimum absolute atomic E-state index is 0.485. The average molecular weight is 304 g/mol. The van der Waals surface area contributed by atoms with Crippen LogP contribution < -0.4 is 0 Å². The number of nitrogens with zero attached hydrogens (tertiary/aromatic N) is 2. The van der Waals surface area contributed by atoms with Gasteiger partial charge in [-0.3, -0.25) is 4.79 Å². The molecule has 0 saturated heterocycles. The number of hydrogen-bond donors (Lipinski definition) is 0. The lowest BCUT2D eigenvalue weighted by atomic mass is 10.1. The van der Waals surface area contributed by atoms with Crippen LogP contribution in [0, 0.1) is 0 Å². The van der Waals surface area contributed by atoms with Crippen LogP contribution in [0.15, 0.2) is 18.2 Å². The number of rotatable bonds is 7. The summed E-state index contributed by atoms with van der Waals surface area (Å²) >= 11 is 0. The topological polar surface area (TPSA) is 44.1 Å². The van der Waals surface area contributed by atoms with Crippen molar-refractivity contribution in [3.8, 4) is 0 Å². The van der Waals surface area contributed by atoms with E-state index in [4.69, 9.17) is 4.74 Å². The van der Waals surface area contributed by atoms with Crippen LogP contribution in [0.25, 0.3) is 10.9 Å². The van der Waals surface area contributed by atoms with Gasteiger partial charge in [0.15, 0.2) is 0 Å². The third-order valence-corrected chi connectivity index (χ3v) is 5.26. The molecule has 0 unspecified atom stereocenters. The highest BCUT2D eigenvalue weighted by molar-refractivity contribution is 6.76. The van der Waals surface area contributed by atoms with Crippen molar-refractivity contribution in [1.29, 1.82) is 0 Å². The lowest BCUT2D eigenvalue weighted by Gasteiger charge is -2.15. The Morgan fingerprint density at radius 1 is 1.33 bits per heavy atom. The summed E-state index contributed by atoms with van der Waals surface area (Å²) in [4.78, 5) is 10.9. The minimum Gasteiger partial charge on any atom is -0.360 e. The van der Waals surface area contributed by atoms with Gasteiger partial charge in [-0.2, -0.15) is 5.10 Å². The second-order valence-corrected chi connectivity index (χ2v) is 12.2. The molecule has 0 N–H and O–H groups in total. The number of carbonyl (C=O) groups excluding carboxylic acids is 1. The van der Waals surface area contributed by atoms with Crippen molar-refractivity contribution in [3.05, 3.63) is 29.5 Å². The number of fused-ring (bicyclic) bond motifs is 1. The highest BCUT2D eigenvalue weighted by Crippen LogP contribution is 2.20. The Bertz CT molecular complexity index is 629. The monoisotopic (exact) mass is 304 g/mol. The van der Waals surface area contributed by atoms with Gasteiger partial charge in [-0.25, -0.2) is 4.68 Å². The first-order valence-electron chi connectivity index (χ1n) is 7.47. The molecular weight excluding hydrogens is 280 g/mol. The van der Waals surface area contributed by atoms with Gasteiger partial charge < -0.3 is 4.74 Å². The van der Waals surface area contributed by atoms with Crippen LogP contribution >= 0.6 is 0 Å². The molecule has 114 valence electrons. The molecule has 21 heavy (non-hydrogen) atoms. The van der Waals surface area contributed by atoms with Crippen molar-refractivity contribution in [2.75, 3.05) is 6.61 Å². The van der Waals surface area contributed by atoms with E-state index in [1.807, 2.05) is 22.9 Å². The zero-order valence-electron chi connectivity index (χ0n) is 13.3. The lowest BCUT2D eigenvalue weighted by Crippen LogP contribution is -2.22. The first-order valence-corrected chi connectivity index (χ1v) is 11.2. The summed E-state index contributed by atoms with van der Waals surface area (Å²) in [5.41, 5.74) is 2.69. The van der Waals surface area contributed by atoms with Crippen molar-refractivity contribution in [2.45, 2.75) is 45.8 Å². The van der Waals surface area contributed by atoms with Gasteiger partial charge in [0.25, 0.3) is 0 Å².